The summed E-state index contributed by atoms with van der Waals surface area (Å²) in [5.74, 6) is 0. The van der Waals surface area contributed by atoms with Crippen LogP contribution in [0, 0.1) is 6.92 Å². The van der Waals surface area contributed by atoms with Gasteiger partial charge in [-0.05, 0) is 32.6 Å². The summed E-state index contributed by atoms with van der Waals surface area (Å²) in [6, 6.07) is 0.600. The maximum atomic E-state index is 9.40. The van der Waals surface area contributed by atoms with E-state index in [1.54, 1.807) is 11.3 Å². The van der Waals surface area contributed by atoms with Crippen molar-refractivity contribution in [3.05, 3.63) is 16.1 Å². The Balaban J connectivity index is 1.64. The standard InChI is InChI=1S/C12H20N2OS/c1-9-14-11(8-16-9)6-7-13-10-2-4-12(15)5-3-10/h8,10,12-13,15H,2-7H2,1H3. The number of hydrogen-bond acceptors (Lipinski definition) is 4. The van der Waals surface area contributed by atoms with Gasteiger partial charge in [0.1, 0.15) is 0 Å². The molecule has 2 rings (SSSR count). The van der Waals surface area contributed by atoms with Crippen molar-refractivity contribution < 1.29 is 5.11 Å². The molecule has 0 radical (unpaired) electrons. The number of thiazole rings is 1. The van der Waals surface area contributed by atoms with Crippen LogP contribution in [-0.2, 0) is 6.42 Å². The Kier molecular flexibility index (Phi) is 4.32. The molecule has 0 aliphatic heterocycles. The lowest BCUT2D eigenvalue weighted by Gasteiger charge is -2.26. The van der Waals surface area contributed by atoms with Gasteiger partial charge in [-0.2, -0.15) is 0 Å². The van der Waals surface area contributed by atoms with E-state index in [1.165, 1.54) is 5.69 Å². The summed E-state index contributed by atoms with van der Waals surface area (Å²) in [5, 5.41) is 16.2. The van der Waals surface area contributed by atoms with Crippen LogP contribution in [0.3, 0.4) is 0 Å². The molecule has 0 atom stereocenters. The van der Waals surface area contributed by atoms with Gasteiger partial charge in [-0.1, -0.05) is 0 Å². The highest BCUT2D eigenvalue weighted by molar-refractivity contribution is 7.09. The van der Waals surface area contributed by atoms with Gasteiger partial charge in [0.15, 0.2) is 0 Å². The van der Waals surface area contributed by atoms with Crippen LogP contribution in [0.25, 0.3) is 0 Å². The van der Waals surface area contributed by atoms with Gasteiger partial charge in [0.05, 0.1) is 16.8 Å². The first-order valence-corrected chi connectivity index (χ1v) is 6.94. The van der Waals surface area contributed by atoms with Crippen LogP contribution in [0.5, 0.6) is 0 Å². The van der Waals surface area contributed by atoms with Gasteiger partial charge in [0.2, 0.25) is 0 Å². The van der Waals surface area contributed by atoms with Crippen LogP contribution in [0.1, 0.15) is 36.4 Å². The Morgan fingerprint density at radius 1 is 1.44 bits per heavy atom. The highest BCUT2D eigenvalue weighted by atomic mass is 32.1. The molecule has 1 aromatic heterocycles. The predicted molar refractivity (Wildman–Crippen MR) is 66.8 cm³/mol. The summed E-state index contributed by atoms with van der Waals surface area (Å²) in [6.07, 6.45) is 5.08. The van der Waals surface area contributed by atoms with E-state index in [9.17, 15) is 5.11 Å². The first-order valence-electron chi connectivity index (χ1n) is 6.06. The molecule has 0 amide bonds. The molecule has 1 aliphatic rings. The largest absolute Gasteiger partial charge is 0.393 e. The van der Waals surface area contributed by atoms with Crippen LogP contribution in [0.4, 0.5) is 0 Å². The van der Waals surface area contributed by atoms with Gasteiger partial charge in [-0.25, -0.2) is 4.98 Å². The molecule has 90 valence electrons. The summed E-state index contributed by atoms with van der Waals surface area (Å²) >= 11 is 1.72. The van der Waals surface area contributed by atoms with Crippen LogP contribution in [0.2, 0.25) is 0 Å². The van der Waals surface area contributed by atoms with Crippen molar-refractivity contribution in [2.75, 3.05) is 6.54 Å². The first kappa shape index (κ1) is 12.0. The maximum Gasteiger partial charge on any atom is 0.0897 e. The van der Waals surface area contributed by atoms with Crippen LogP contribution < -0.4 is 5.32 Å². The highest BCUT2D eigenvalue weighted by Crippen LogP contribution is 2.18. The SMILES string of the molecule is Cc1nc(CCNC2CCC(O)CC2)cs1. The number of aryl methyl sites for hydroxylation is 1. The Hall–Kier alpha value is -0.450. The summed E-state index contributed by atoms with van der Waals surface area (Å²) < 4.78 is 0. The molecule has 0 aromatic carbocycles. The van der Waals surface area contributed by atoms with E-state index in [0.29, 0.717) is 6.04 Å². The molecule has 2 N–H and O–H groups in total. The summed E-state index contributed by atoms with van der Waals surface area (Å²) in [6.45, 7) is 3.05. The minimum absolute atomic E-state index is 0.0563. The normalized spacial score (nSPS) is 25.9. The fraction of sp³-hybridized carbons (Fsp3) is 0.750. The van der Waals surface area contributed by atoms with E-state index in [-0.39, 0.29) is 6.10 Å². The molecule has 1 aromatic rings. The van der Waals surface area contributed by atoms with Gasteiger partial charge < -0.3 is 10.4 Å². The Labute approximate surface area is 101 Å². The zero-order valence-corrected chi connectivity index (χ0v) is 10.6. The average Bonchev–Trinajstić information content (AvgIpc) is 2.67. The Bertz CT molecular complexity index is 319. The third-order valence-corrected chi connectivity index (χ3v) is 4.00. The third-order valence-electron chi connectivity index (χ3n) is 3.18. The molecular formula is C12H20N2OS. The molecule has 16 heavy (non-hydrogen) atoms. The summed E-state index contributed by atoms with van der Waals surface area (Å²) in [7, 11) is 0. The number of aliphatic hydroxyl groups is 1. The zero-order chi connectivity index (χ0) is 11.4. The van der Waals surface area contributed by atoms with Crippen molar-refractivity contribution in [2.45, 2.75) is 51.2 Å². The van der Waals surface area contributed by atoms with Gasteiger partial charge >= 0.3 is 0 Å². The topological polar surface area (TPSA) is 45.2 Å². The number of hydrogen-bond donors (Lipinski definition) is 2. The lowest BCUT2D eigenvalue weighted by atomic mass is 9.93. The first-order chi connectivity index (χ1) is 7.74. The second kappa shape index (κ2) is 5.75. The fourth-order valence-electron chi connectivity index (χ4n) is 2.21. The number of rotatable bonds is 4. The lowest BCUT2D eigenvalue weighted by Crippen LogP contribution is -2.35. The second-order valence-electron chi connectivity index (χ2n) is 4.57. The van der Waals surface area contributed by atoms with E-state index in [1.807, 2.05) is 6.92 Å². The van der Waals surface area contributed by atoms with Gasteiger partial charge in [0, 0.05) is 24.4 Å². The van der Waals surface area contributed by atoms with Gasteiger partial charge in [-0.3, -0.25) is 0 Å². The molecule has 1 heterocycles. The fourth-order valence-corrected chi connectivity index (χ4v) is 2.85. The zero-order valence-electron chi connectivity index (χ0n) is 9.78. The molecule has 1 aliphatic carbocycles. The van der Waals surface area contributed by atoms with E-state index >= 15 is 0 Å². The van der Waals surface area contributed by atoms with E-state index in [2.05, 4.69) is 15.7 Å². The molecule has 0 saturated heterocycles. The number of aromatic nitrogens is 1. The van der Waals surface area contributed by atoms with Crippen molar-refractivity contribution >= 4 is 11.3 Å². The van der Waals surface area contributed by atoms with Crippen LogP contribution in [-0.4, -0.2) is 28.8 Å². The lowest BCUT2D eigenvalue weighted by molar-refractivity contribution is 0.117. The Morgan fingerprint density at radius 3 is 2.81 bits per heavy atom. The van der Waals surface area contributed by atoms with Crippen molar-refractivity contribution in [3.63, 3.8) is 0 Å². The minimum Gasteiger partial charge on any atom is -0.393 e. The minimum atomic E-state index is -0.0563. The predicted octanol–water partition coefficient (Wildman–Crippen LogP) is 1.89. The molecule has 3 nitrogen and oxygen atoms in total. The van der Waals surface area contributed by atoms with Crippen molar-refractivity contribution in [3.8, 4) is 0 Å². The van der Waals surface area contributed by atoms with Gasteiger partial charge in [0.25, 0.3) is 0 Å². The molecule has 0 unspecified atom stereocenters. The van der Waals surface area contributed by atoms with E-state index in [0.717, 1.165) is 43.7 Å². The van der Waals surface area contributed by atoms with Crippen molar-refractivity contribution in [1.29, 1.82) is 0 Å². The number of nitrogens with one attached hydrogen (secondary N) is 1. The van der Waals surface area contributed by atoms with E-state index < -0.39 is 0 Å². The van der Waals surface area contributed by atoms with Crippen LogP contribution >= 0.6 is 11.3 Å². The number of aliphatic hydroxyl groups excluding tert-OH is 1. The van der Waals surface area contributed by atoms with Gasteiger partial charge in [-0.15, -0.1) is 11.3 Å². The highest BCUT2D eigenvalue weighted by Gasteiger charge is 2.18. The molecule has 0 bridgehead atoms. The smallest absolute Gasteiger partial charge is 0.0897 e. The monoisotopic (exact) mass is 240 g/mol. The maximum absolute atomic E-state index is 9.40. The molecule has 1 fully saturated rings. The molecular weight excluding hydrogens is 220 g/mol. The molecule has 0 spiro atoms. The van der Waals surface area contributed by atoms with Crippen LogP contribution in [0.15, 0.2) is 5.38 Å². The number of nitrogens with zero attached hydrogens (tertiary/aromatic N) is 1. The van der Waals surface area contributed by atoms with E-state index in [4.69, 9.17) is 0 Å². The summed E-state index contributed by atoms with van der Waals surface area (Å²) in [4.78, 5) is 4.44. The quantitative estimate of drug-likeness (QED) is 0.845. The third kappa shape index (κ3) is 3.54. The van der Waals surface area contributed by atoms with Crippen molar-refractivity contribution in [1.82, 2.24) is 10.3 Å². The average molecular weight is 240 g/mol. The Morgan fingerprint density at radius 2 is 2.19 bits per heavy atom. The van der Waals surface area contributed by atoms with Crippen molar-refractivity contribution in [2.24, 2.45) is 0 Å². The molecule has 4 heteroatoms. The summed E-state index contributed by atoms with van der Waals surface area (Å²) in [5.41, 5.74) is 1.20. The second-order valence-corrected chi connectivity index (χ2v) is 5.63. The molecule has 1 saturated carbocycles.